The van der Waals surface area contributed by atoms with Gasteiger partial charge in [0.2, 0.25) is 5.95 Å². The summed E-state index contributed by atoms with van der Waals surface area (Å²) in [7, 11) is -1.04. The van der Waals surface area contributed by atoms with Crippen LogP contribution in [0.3, 0.4) is 0 Å². The third kappa shape index (κ3) is 3.43. The summed E-state index contributed by atoms with van der Waals surface area (Å²) in [6, 6.07) is 8.28. The molecule has 6 rings (SSSR count). The summed E-state index contributed by atoms with van der Waals surface area (Å²) in [5, 5.41) is 4.69. The molecule has 0 unspecified atom stereocenters. The number of nitrogens with two attached hydrogens (primary N) is 1. The van der Waals surface area contributed by atoms with Gasteiger partial charge < -0.3 is 16.0 Å². The van der Waals surface area contributed by atoms with Gasteiger partial charge in [-0.3, -0.25) is 4.21 Å². The van der Waals surface area contributed by atoms with Crippen LogP contribution >= 0.6 is 11.3 Å². The second-order valence-electron chi connectivity index (χ2n) is 8.82. The highest BCUT2D eigenvalue weighted by molar-refractivity contribution is 7.85. The quantitative estimate of drug-likeness (QED) is 0.595. The van der Waals surface area contributed by atoms with Crippen molar-refractivity contribution in [3.63, 3.8) is 0 Å². The molecule has 0 amide bonds. The van der Waals surface area contributed by atoms with Crippen molar-refractivity contribution in [2.45, 2.75) is 42.5 Å². The topological polar surface area (TPSA) is 97.0 Å². The maximum absolute atomic E-state index is 12.7. The van der Waals surface area contributed by atoms with Gasteiger partial charge in [-0.25, -0.2) is 9.97 Å². The molecule has 0 radical (unpaired) electrons. The molecular formula is C23H26N6OS2. The number of fused-ring (bicyclic) bond motifs is 2. The number of hydrogen-bond donors (Lipinski definition) is 2. The predicted octanol–water partition coefficient (Wildman–Crippen LogP) is 3.34. The van der Waals surface area contributed by atoms with E-state index in [9.17, 15) is 4.21 Å². The minimum absolute atomic E-state index is 0.117. The Balaban J connectivity index is 1.28. The predicted molar refractivity (Wildman–Crippen MR) is 131 cm³/mol. The molecule has 3 N–H and O–H groups in total. The molecule has 3 aliphatic rings. The number of rotatable bonds is 5. The minimum atomic E-state index is -1.04. The van der Waals surface area contributed by atoms with Crippen molar-refractivity contribution in [2.75, 3.05) is 35.6 Å². The van der Waals surface area contributed by atoms with Gasteiger partial charge in [0.1, 0.15) is 15.7 Å². The fourth-order valence-electron chi connectivity index (χ4n) is 4.70. The zero-order valence-electron chi connectivity index (χ0n) is 17.8. The largest absolute Gasteiger partial charge is 0.362 e. The normalized spacial score (nSPS) is 21.8. The lowest BCUT2D eigenvalue weighted by Crippen LogP contribution is -2.51. The van der Waals surface area contributed by atoms with Crippen LogP contribution in [-0.2, 0) is 17.2 Å². The first-order valence-corrected chi connectivity index (χ1v) is 13.4. The molecule has 1 aliphatic carbocycles. The molecule has 0 saturated heterocycles. The molecular weight excluding hydrogens is 440 g/mol. The van der Waals surface area contributed by atoms with E-state index < -0.39 is 10.8 Å². The van der Waals surface area contributed by atoms with E-state index in [1.165, 1.54) is 16.7 Å². The summed E-state index contributed by atoms with van der Waals surface area (Å²) in [4.78, 5) is 17.5. The van der Waals surface area contributed by atoms with Crippen LogP contribution in [-0.4, -0.2) is 50.1 Å². The van der Waals surface area contributed by atoms with E-state index in [4.69, 9.17) is 20.7 Å². The first-order valence-electron chi connectivity index (χ1n) is 11.2. The monoisotopic (exact) mass is 466 g/mol. The van der Waals surface area contributed by atoms with Gasteiger partial charge in [-0.1, -0.05) is 18.2 Å². The molecule has 166 valence electrons. The minimum Gasteiger partial charge on any atom is -0.362 e. The average molecular weight is 467 g/mol. The summed E-state index contributed by atoms with van der Waals surface area (Å²) >= 11 is 1.75. The third-order valence-electron chi connectivity index (χ3n) is 6.82. The SMILES string of the molecule is NCC1(Nc2nc(N3CC=C(c4nc5ccccc5s4)CC3)nc3c2[S@](=O)CC3)CCC1. The van der Waals surface area contributed by atoms with Crippen LogP contribution in [0.5, 0.6) is 0 Å². The van der Waals surface area contributed by atoms with Gasteiger partial charge in [-0.15, -0.1) is 11.3 Å². The Morgan fingerprint density at radius 1 is 1.19 bits per heavy atom. The molecule has 0 bridgehead atoms. The van der Waals surface area contributed by atoms with E-state index in [0.717, 1.165) is 71.7 Å². The number of nitrogens with zero attached hydrogens (tertiary/aromatic N) is 4. The number of benzene rings is 1. The molecule has 1 saturated carbocycles. The lowest BCUT2D eigenvalue weighted by molar-refractivity contribution is 0.286. The van der Waals surface area contributed by atoms with Gasteiger partial charge in [-0.2, -0.15) is 4.98 Å². The van der Waals surface area contributed by atoms with Crippen molar-refractivity contribution in [3.8, 4) is 0 Å². The summed E-state index contributed by atoms with van der Waals surface area (Å²) < 4.78 is 13.9. The fraction of sp³-hybridized carbons (Fsp3) is 0.435. The van der Waals surface area contributed by atoms with Gasteiger partial charge in [0.05, 0.1) is 32.2 Å². The maximum atomic E-state index is 12.7. The van der Waals surface area contributed by atoms with Crippen LogP contribution in [0.4, 0.5) is 11.8 Å². The number of aromatic nitrogens is 3. The van der Waals surface area contributed by atoms with Crippen LogP contribution in [0, 0.1) is 0 Å². The van der Waals surface area contributed by atoms with E-state index in [2.05, 4.69) is 34.5 Å². The van der Waals surface area contributed by atoms with Crippen molar-refractivity contribution in [1.29, 1.82) is 0 Å². The number of anilines is 2. The summed E-state index contributed by atoms with van der Waals surface area (Å²) in [5.41, 5.74) is 9.23. The third-order valence-corrected chi connectivity index (χ3v) is 9.39. The lowest BCUT2D eigenvalue weighted by Gasteiger charge is -2.42. The second kappa shape index (κ2) is 7.90. The smallest absolute Gasteiger partial charge is 0.227 e. The Morgan fingerprint density at radius 3 is 2.78 bits per heavy atom. The molecule has 7 nitrogen and oxygen atoms in total. The van der Waals surface area contributed by atoms with Crippen molar-refractivity contribution < 1.29 is 4.21 Å². The average Bonchev–Trinajstić information content (AvgIpc) is 3.40. The van der Waals surface area contributed by atoms with Crippen LogP contribution in [0.1, 0.15) is 36.4 Å². The molecule has 1 aromatic carbocycles. The second-order valence-corrected chi connectivity index (χ2v) is 11.4. The van der Waals surface area contributed by atoms with E-state index in [1.807, 2.05) is 6.07 Å². The fourth-order valence-corrected chi connectivity index (χ4v) is 7.04. The molecule has 3 aromatic rings. The number of para-hydroxylation sites is 1. The van der Waals surface area contributed by atoms with Crippen molar-refractivity contribution >= 4 is 49.7 Å². The molecule has 32 heavy (non-hydrogen) atoms. The zero-order valence-corrected chi connectivity index (χ0v) is 19.5. The van der Waals surface area contributed by atoms with Crippen molar-refractivity contribution in [3.05, 3.63) is 41.0 Å². The van der Waals surface area contributed by atoms with Crippen molar-refractivity contribution in [2.24, 2.45) is 5.73 Å². The highest BCUT2D eigenvalue weighted by Crippen LogP contribution is 2.38. The summed E-state index contributed by atoms with van der Waals surface area (Å²) in [6.45, 7) is 2.14. The van der Waals surface area contributed by atoms with E-state index in [1.54, 1.807) is 11.3 Å². The first-order chi connectivity index (χ1) is 15.6. The zero-order chi connectivity index (χ0) is 21.7. The van der Waals surface area contributed by atoms with Gasteiger partial charge in [0.25, 0.3) is 0 Å². The van der Waals surface area contributed by atoms with E-state index >= 15 is 0 Å². The van der Waals surface area contributed by atoms with Gasteiger partial charge >= 0.3 is 0 Å². The highest BCUT2D eigenvalue weighted by atomic mass is 32.2. The lowest BCUT2D eigenvalue weighted by atomic mass is 9.77. The molecule has 2 aliphatic heterocycles. The number of nitrogens with one attached hydrogen (secondary N) is 1. The summed E-state index contributed by atoms with van der Waals surface area (Å²) in [6.07, 6.45) is 7.11. The van der Waals surface area contributed by atoms with Crippen molar-refractivity contribution in [1.82, 2.24) is 15.0 Å². The van der Waals surface area contributed by atoms with Gasteiger partial charge in [0, 0.05) is 31.8 Å². The standard InChI is InChI=1S/C23H26N6OS2/c24-14-23(9-3-10-23)28-20-19-17(8-13-32(19)30)26-22(27-20)29-11-6-15(7-12-29)21-25-16-4-1-2-5-18(16)31-21/h1-2,4-6H,3,7-14,24H2,(H,26,27,28)/t32-/m1/s1. The van der Waals surface area contributed by atoms with E-state index in [-0.39, 0.29) is 5.54 Å². The van der Waals surface area contributed by atoms with E-state index in [0.29, 0.717) is 12.3 Å². The summed E-state index contributed by atoms with van der Waals surface area (Å²) in [5.74, 6) is 2.07. The number of hydrogen-bond acceptors (Lipinski definition) is 8. The molecule has 2 aromatic heterocycles. The van der Waals surface area contributed by atoms with Crippen LogP contribution < -0.4 is 16.0 Å². The van der Waals surface area contributed by atoms with Gasteiger partial charge in [0.15, 0.2) is 0 Å². The first kappa shape index (κ1) is 20.3. The number of aryl methyl sites for hydroxylation is 1. The van der Waals surface area contributed by atoms with Crippen LogP contribution in [0.2, 0.25) is 0 Å². The Labute approximate surface area is 193 Å². The van der Waals surface area contributed by atoms with Gasteiger partial charge in [-0.05, 0) is 43.4 Å². The Hall–Kier alpha value is -2.36. The molecule has 1 fully saturated rings. The Kier molecular flexibility index (Phi) is 5.00. The molecule has 4 heterocycles. The highest BCUT2D eigenvalue weighted by Gasteiger charge is 2.38. The van der Waals surface area contributed by atoms with Crippen LogP contribution in [0.25, 0.3) is 15.8 Å². The Bertz CT molecular complexity index is 1210. The molecule has 0 spiro atoms. The molecule has 9 heteroatoms. The van der Waals surface area contributed by atoms with Crippen LogP contribution in [0.15, 0.2) is 35.2 Å². The maximum Gasteiger partial charge on any atom is 0.227 e. The molecule has 1 atom stereocenters. The Morgan fingerprint density at radius 2 is 2.06 bits per heavy atom. The number of thiazole rings is 1.